The number of H-pyrrole nitrogens is 1. The summed E-state index contributed by atoms with van der Waals surface area (Å²) in [7, 11) is 0. The molecule has 4 rings (SSSR count). The van der Waals surface area contributed by atoms with Crippen LogP contribution in [0.15, 0.2) is 77.5 Å². The van der Waals surface area contributed by atoms with E-state index < -0.39 is 0 Å². The van der Waals surface area contributed by atoms with Crippen molar-refractivity contribution in [2.24, 2.45) is 0 Å². The van der Waals surface area contributed by atoms with Crippen molar-refractivity contribution in [1.29, 1.82) is 0 Å². The van der Waals surface area contributed by atoms with Crippen molar-refractivity contribution in [3.05, 3.63) is 99.9 Å². The van der Waals surface area contributed by atoms with E-state index in [0.29, 0.717) is 5.92 Å². The molecule has 3 heteroatoms. The van der Waals surface area contributed by atoms with Crippen molar-refractivity contribution in [2.45, 2.75) is 67.2 Å². The zero-order valence-electron chi connectivity index (χ0n) is 20.9. The number of nitrogens with one attached hydrogen (secondary N) is 1. The third-order valence-electron chi connectivity index (χ3n) is 4.75. The Kier molecular flexibility index (Phi) is 13.7. The van der Waals surface area contributed by atoms with E-state index in [1.165, 1.54) is 34.4 Å². The van der Waals surface area contributed by atoms with Gasteiger partial charge in [-0.1, -0.05) is 106 Å². The van der Waals surface area contributed by atoms with Crippen LogP contribution in [0.2, 0.25) is 0 Å². The number of thiophene rings is 1. The Morgan fingerprint density at radius 1 is 0.812 bits per heavy atom. The lowest BCUT2D eigenvalue weighted by molar-refractivity contribution is 0.703. The van der Waals surface area contributed by atoms with Crippen LogP contribution in [0, 0.1) is 20.8 Å². The number of hydrogen-bond acceptors (Lipinski definition) is 2. The Labute approximate surface area is 199 Å². The third kappa shape index (κ3) is 10.6. The van der Waals surface area contributed by atoms with Crippen molar-refractivity contribution in [3.8, 4) is 11.3 Å². The summed E-state index contributed by atoms with van der Waals surface area (Å²) in [6.45, 7) is 15.0. The molecule has 0 fully saturated rings. The molecule has 0 amide bonds. The first-order valence-electron chi connectivity index (χ1n) is 11.5. The van der Waals surface area contributed by atoms with E-state index in [0.717, 1.165) is 12.1 Å². The summed E-state index contributed by atoms with van der Waals surface area (Å²) in [5.41, 5.74) is 7.51. The highest BCUT2D eigenvalue weighted by Gasteiger charge is 2.10. The van der Waals surface area contributed by atoms with E-state index in [2.05, 4.69) is 99.8 Å². The van der Waals surface area contributed by atoms with E-state index >= 15 is 0 Å². The average Bonchev–Trinajstić information content (AvgIpc) is 3.45. The second-order valence-electron chi connectivity index (χ2n) is 8.00. The molecule has 32 heavy (non-hydrogen) atoms. The van der Waals surface area contributed by atoms with Gasteiger partial charge in [0.25, 0.3) is 0 Å². The zero-order chi connectivity index (χ0) is 23.8. The summed E-state index contributed by atoms with van der Waals surface area (Å²) in [5, 5.41) is 11.8. The molecular weight excluding hydrogens is 408 g/mol. The van der Waals surface area contributed by atoms with Crippen molar-refractivity contribution >= 4 is 11.3 Å². The molecular formula is C29H40N2S. The lowest BCUT2D eigenvalue weighted by Crippen LogP contribution is -1.90. The molecule has 0 aliphatic carbocycles. The van der Waals surface area contributed by atoms with Gasteiger partial charge in [0.1, 0.15) is 0 Å². The molecule has 1 atom stereocenters. The van der Waals surface area contributed by atoms with E-state index in [-0.39, 0.29) is 0 Å². The summed E-state index contributed by atoms with van der Waals surface area (Å²) in [5.74, 6) is 0.560. The first kappa shape index (κ1) is 27.4. The summed E-state index contributed by atoms with van der Waals surface area (Å²) >= 11 is 1.73. The maximum Gasteiger partial charge on any atom is 0.0934 e. The van der Waals surface area contributed by atoms with Crippen molar-refractivity contribution in [3.63, 3.8) is 0 Å². The highest BCUT2D eigenvalue weighted by atomic mass is 32.1. The van der Waals surface area contributed by atoms with Crippen LogP contribution in [-0.4, -0.2) is 10.2 Å². The fourth-order valence-electron chi connectivity index (χ4n) is 2.64. The van der Waals surface area contributed by atoms with Crippen LogP contribution in [0.1, 0.15) is 68.8 Å². The Balaban J connectivity index is 0.000000251. The number of hydrogen-bond donors (Lipinski definition) is 1. The zero-order valence-corrected chi connectivity index (χ0v) is 21.7. The molecule has 0 saturated carbocycles. The fourth-order valence-corrected chi connectivity index (χ4v) is 3.48. The van der Waals surface area contributed by atoms with E-state index in [4.69, 9.17) is 0 Å². The number of aryl methyl sites for hydroxylation is 3. The third-order valence-corrected chi connectivity index (χ3v) is 5.61. The number of aromatic amines is 1. The van der Waals surface area contributed by atoms with Gasteiger partial charge in [-0.05, 0) is 50.1 Å². The number of rotatable bonds is 3. The number of aromatic nitrogens is 2. The molecule has 0 saturated heterocycles. The van der Waals surface area contributed by atoms with E-state index in [1.54, 1.807) is 11.3 Å². The van der Waals surface area contributed by atoms with Gasteiger partial charge in [0.2, 0.25) is 0 Å². The first-order chi connectivity index (χ1) is 15.4. The molecule has 0 aliphatic rings. The van der Waals surface area contributed by atoms with Crippen LogP contribution >= 0.6 is 11.3 Å². The van der Waals surface area contributed by atoms with Crippen LogP contribution in [0.4, 0.5) is 0 Å². The minimum atomic E-state index is 0.560. The van der Waals surface area contributed by atoms with Crippen LogP contribution in [0.5, 0.6) is 0 Å². The molecule has 0 bridgehead atoms. The number of nitrogens with zero attached hydrogens (tertiary/aromatic N) is 1. The molecule has 4 aromatic rings. The fraction of sp³-hybridized carbons (Fsp3) is 0.345. The van der Waals surface area contributed by atoms with Gasteiger partial charge in [0, 0.05) is 16.6 Å². The highest BCUT2D eigenvalue weighted by molar-refractivity contribution is 7.08. The van der Waals surface area contributed by atoms with Crippen molar-refractivity contribution < 1.29 is 0 Å². The van der Waals surface area contributed by atoms with Gasteiger partial charge in [-0.25, -0.2) is 0 Å². The Hall–Kier alpha value is -2.65. The second kappa shape index (κ2) is 16.0. The predicted molar refractivity (Wildman–Crippen MR) is 144 cm³/mol. The Morgan fingerprint density at radius 3 is 1.66 bits per heavy atom. The van der Waals surface area contributed by atoms with E-state index in [1.807, 2.05) is 36.4 Å². The summed E-state index contributed by atoms with van der Waals surface area (Å²) in [6, 6.07) is 22.7. The van der Waals surface area contributed by atoms with Gasteiger partial charge in [0.15, 0.2) is 0 Å². The molecule has 1 unspecified atom stereocenters. The van der Waals surface area contributed by atoms with Crippen LogP contribution in [0.3, 0.4) is 0 Å². The van der Waals surface area contributed by atoms with Gasteiger partial charge in [-0.3, -0.25) is 5.10 Å². The van der Waals surface area contributed by atoms with Gasteiger partial charge in [-0.2, -0.15) is 16.4 Å². The molecule has 172 valence electrons. The van der Waals surface area contributed by atoms with Crippen molar-refractivity contribution in [1.82, 2.24) is 10.2 Å². The molecule has 2 aromatic carbocycles. The monoisotopic (exact) mass is 448 g/mol. The normalized spacial score (nSPS) is 10.5. The van der Waals surface area contributed by atoms with Crippen LogP contribution in [-0.2, 0) is 0 Å². The molecule has 1 N–H and O–H groups in total. The molecule has 2 aromatic heterocycles. The number of benzene rings is 2. The van der Waals surface area contributed by atoms with Gasteiger partial charge in [0.05, 0.1) is 5.69 Å². The minimum absolute atomic E-state index is 0.560. The van der Waals surface area contributed by atoms with Gasteiger partial charge < -0.3 is 0 Å². The molecule has 0 aliphatic heterocycles. The van der Waals surface area contributed by atoms with Crippen LogP contribution in [0.25, 0.3) is 11.3 Å². The summed E-state index contributed by atoms with van der Waals surface area (Å²) < 4.78 is 0. The lowest BCUT2D eigenvalue weighted by Gasteiger charge is -2.02. The maximum absolute atomic E-state index is 4.37. The smallest absolute Gasteiger partial charge is 0.0934 e. The van der Waals surface area contributed by atoms with E-state index in [9.17, 15) is 0 Å². The highest BCUT2D eigenvalue weighted by Crippen LogP contribution is 2.27. The largest absolute Gasteiger partial charge is 0.282 e. The standard InChI is InChI=1S/C12H16N2S.2C7H8.C3H8/c1-4-8(2)11-5-12(14-13-11)10-7-15-6-9(10)3;2*1-7-5-3-2-4-6-7;1-3-2/h5-8H,4H2,1-3H3,(H,13,14);2*2-6H,1H3;3H2,1-2H3. The lowest BCUT2D eigenvalue weighted by atomic mass is 10.0. The van der Waals surface area contributed by atoms with Crippen molar-refractivity contribution in [2.75, 3.05) is 0 Å². The second-order valence-corrected chi connectivity index (χ2v) is 8.75. The first-order valence-corrected chi connectivity index (χ1v) is 12.5. The Morgan fingerprint density at radius 2 is 1.31 bits per heavy atom. The molecule has 2 nitrogen and oxygen atoms in total. The van der Waals surface area contributed by atoms with Crippen LogP contribution < -0.4 is 0 Å². The summed E-state index contributed by atoms with van der Waals surface area (Å²) in [6.07, 6.45) is 2.39. The summed E-state index contributed by atoms with van der Waals surface area (Å²) in [4.78, 5) is 0. The Bertz CT molecular complexity index is 918. The maximum atomic E-state index is 4.37. The van der Waals surface area contributed by atoms with Gasteiger partial charge >= 0.3 is 0 Å². The topological polar surface area (TPSA) is 28.7 Å². The van der Waals surface area contributed by atoms with Gasteiger partial charge in [-0.15, -0.1) is 0 Å². The predicted octanol–water partition coefficient (Wildman–Crippen LogP) is 9.37. The minimum Gasteiger partial charge on any atom is -0.282 e. The quantitative estimate of drug-likeness (QED) is 0.332. The molecule has 0 radical (unpaired) electrons. The SMILES string of the molecule is CCC.CCC(C)c1cc(-c2cscc2C)n[nH]1.Cc1ccccc1.Cc1ccccc1. The molecule has 2 heterocycles. The average molecular weight is 449 g/mol. The molecule has 0 spiro atoms.